The Balaban J connectivity index is 1.57. The minimum absolute atomic E-state index is 0.122. The van der Waals surface area contributed by atoms with Crippen LogP contribution < -0.4 is 5.32 Å². The van der Waals surface area contributed by atoms with Gasteiger partial charge in [0.25, 0.3) is 5.91 Å². The van der Waals surface area contributed by atoms with Gasteiger partial charge in [0.2, 0.25) is 0 Å². The highest BCUT2D eigenvalue weighted by Gasteiger charge is 2.13. The van der Waals surface area contributed by atoms with Gasteiger partial charge in [-0.2, -0.15) is 5.10 Å². The normalized spacial score (nSPS) is 10.6. The minimum Gasteiger partial charge on any atom is -0.452 e. The molecular formula is C19H16ClFN4O3. The van der Waals surface area contributed by atoms with Crippen molar-refractivity contribution in [2.24, 2.45) is 0 Å². The molecule has 2 heterocycles. The van der Waals surface area contributed by atoms with Crippen LogP contribution in [0.1, 0.15) is 21.7 Å². The van der Waals surface area contributed by atoms with E-state index in [0.29, 0.717) is 11.5 Å². The Morgan fingerprint density at radius 2 is 2.00 bits per heavy atom. The molecule has 0 radical (unpaired) electrons. The Labute approximate surface area is 165 Å². The number of esters is 1. The highest BCUT2D eigenvalue weighted by molar-refractivity contribution is 6.31. The van der Waals surface area contributed by atoms with Gasteiger partial charge in [0.1, 0.15) is 5.82 Å². The fraction of sp³-hybridized carbons (Fsp3) is 0.158. The summed E-state index contributed by atoms with van der Waals surface area (Å²) in [5.74, 6) is -1.31. The van der Waals surface area contributed by atoms with E-state index in [9.17, 15) is 14.0 Å². The van der Waals surface area contributed by atoms with Crippen LogP contribution in [0.5, 0.6) is 0 Å². The predicted molar refractivity (Wildman–Crippen MR) is 101 cm³/mol. The Bertz CT molecular complexity index is 1030. The quantitative estimate of drug-likeness (QED) is 0.660. The SMILES string of the molecule is Cc1cc(C)n(-c2ccc(C(=O)OCC(=O)Nc3ccc(F)c(Cl)c3)cn2)n1. The Morgan fingerprint density at radius 3 is 2.61 bits per heavy atom. The standard InChI is InChI=1S/C19H16ClFN4O3/c1-11-7-12(2)25(24-11)17-6-3-13(9-22-17)19(27)28-10-18(26)23-14-4-5-16(21)15(20)8-14/h3-9H,10H2,1-2H3,(H,23,26). The number of carbonyl (C=O) groups excluding carboxylic acids is 2. The van der Waals surface area contributed by atoms with Crippen molar-refractivity contribution in [3.63, 3.8) is 0 Å². The van der Waals surface area contributed by atoms with Crippen molar-refractivity contribution in [3.05, 3.63) is 70.4 Å². The van der Waals surface area contributed by atoms with Gasteiger partial charge >= 0.3 is 5.97 Å². The molecule has 0 bridgehead atoms. The van der Waals surface area contributed by atoms with E-state index in [1.807, 2.05) is 19.9 Å². The van der Waals surface area contributed by atoms with Crippen LogP contribution in [-0.2, 0) is 9.53 Å². The summed E-state index contributed by atoms with van der Waals surface area (Å²) in [6, 6.07) is 8.83. The molecule has 0 aliphatic heterocycles. The number of pyridine rings is 1. The van der Waals surface area contributed by atoms with Crippen LogP contribution in [0.2, 0.25) is 5.02 Å². The van der Waals surface area contributed by atoms with Gasteiger partial charge in [-0.3, -0.25) is 4.79 Å². The van der Waals surface area contributed by atoms with Crippen molar-refractivity contribution in [2.45, 2.75) is 13.8 Å². The van der Waals surface area contributed by atoms with Crippen LogP contribution in [0.4, 0.5) is 10.1 Å². The summed E-state index contributed by atoms with van der Waals surface area (Å²) in [6.45, 7) is 3.27. The number of hydrogen-bond donors (Lipinski definition) is 1. The van der Waals surface area contributed by atoms with Crippen LogP contribution in [-0.4, -0.2) is 33.2 Å². The van der Waals surface area contributed by atoms with Crippen LogP contribution in [0.25, 0.3) is 5.82 Å². The predicted octanol–water partition coefficient (Wildman–Crippen LogP) is 3.47. The van der Waals surface area contributed by atoms with Crippen LogP contribution in [0.3, 0.4) is 0 Å². The lowest BCUT2D eigenvalue weighted by Crippen LogP contribution is -2.21. The molecule has 28 heavy (non-hydrogen) atoms. The molecule has 0 aliphatic rings. The Kier molecular flexibility index (Phi) is 5.70. The smallest absolute Gasteiger partial charge is 0.340 e. The first-order chi connectivity index (χ1) is 13.3. The third-order valence-electron chi connectivity index (χ3n) is 3.75. The Hall–Kier alpha value is -3.26. The molecule has 0 saturated carbocycles. The number of carbonyl (C=O) groups is 2. The van der Waals surface area contributed by atoms with Gasteiger partial charge in [-0.1, -0.05) is 11.6 Å². The van der Waals surface area contributed by atoms with Gasteiger partial charge in [0.05, 0.1) is 16.3 Å². The number of amides is 1. The van der Waals surface area contributed by atoms with Crippen molar-refractivity contribution in [2.75, 3.05) is 11.9 Å². The number of aromatic nitrogens is 3. The summed E-state index contributed by atoms with van der Waals surface area (Å²) in [6.07, 6.45) is 1.35. The number of halogens is 2. The average Bonchev–Trinajstić information content (AvgIpc) is 3.01. The number of nitrogens with zero attached hydrogens (tertiary/aromatic N) is 3. The fourth-order valence-corrected chi connectivity index (χ4v) is 2.66. The summed E-state index contributed by atoms with van der Waals surface area (Å²) >= 11 is 5.65. The number of ether oxygens (including phenoxy) is 1. The lowest BCUT2D eigenvalue weighted by molar-refractivity contribution is -0.119. The molecule has 0 aliphatic carbocycles. The summed E-state index contributed by atoms with van der Waals surface area (Å²) in [5.41, 5.74) is 2.26. The van der Waals surface area contributed by atoms with E-state index in [1.54, 1.807) is 16.8 Å². The fourth-order valence-electron chi connectivity index (χ4n) is 2.48. The zero-order valence-electron chi connectivity index (χ0n) is 15.1. The average molecular weight is 403 g/mol. The molecule has 0 unspecified atom stereocenters. The second kappa shape index (κ2) is 8.18. The van der Waals surface area contributed by atoms with E-state index in [1.165, 1.54) is 18.3 Å². The minimum atomic E-state index is -0.695. The molecule has 9 heteroatoms. The molecular weight excluding hydrogens is 387 g/mol. The lowest BCUT2D eigenvalue weighted by atomic mass is 10.3. The Morgan fingerprint density at radius 1 is 1.21 bits per heavy atom. The van der Waals surface area contributed by atoms with E-state index < -0.39 is 24.3 Å². The van der Waals surface area contributed by atoms with Crippen LogP contribution >= 0.6 is 11.6 Å². The largest absolute Gasteiger partial charge is 0.452 e. The highest BCUT2D eigenvalue weighted by Crippen LogP contribution is 2.19. The maximum atomic E-state index is 13.1. The molecule has 144 valence electrons. The number of hydrogen-bond acceptors (Lipinski definition) is 5. The van der Waals surface area contributed by atoms with Crippen molar-refractivity contribution in [1.82, 2.24) is 14.8 Å². The lowest BCUT2D eigenvalue weighted by Gasteiger charge is -2.08. The van der Waals surface area contributed by atoms with E-state index in [0.717, 1.165) is 17.5 Å². The van der Waals surface area contributed by atoms with Crippen molar-refractivity contribution < 1.29 is 18.7 Å². The second-order valence-corrected chi connectivity index (χ2v) is 6.40. The van der Waals surface area contributed by atoms with Crippen molar-refractivity contribution >= 4 is 29.2 Å². The number of anilines is 1. The molecule has 7 nitrogen and oxygen atoms in total. The molecule has 0 fully saturated rings. The third-order valence-corrected chi connectivity index (χ3v) is 4.04. The van der Waals surface area contributed by atoms with Crippen molar-refractivity contribution in [1.29, 1.82) is 0 Å². The van der Waals surface area contributed by atoms with Gasteiger partial charge in [-0.15, -0.1) is 0 Å². The van der Waals surface area contributed by atoms with Gasteiger partial charge in [-0.25, -0.2) is 18.9 Å². The molecule has 3 rings (SSSR count). The van der Waals surface area contributed by atoms with E-state index in [4.69, 9.17) is 16.3 Å². The summed E-state index contributed by atoms with van der Waals surface area (Å²) < 4.78 is 19.7. The number of aryl methyl sites for hydroxylation is 2. The van der Waals surface area contributed by atoms with E-state index in [-0.39, 0.29) is 10.6 Å². The summed E-state index contributed by atoms with van der Waals surface area (Å²) in [5, 5.41) is 6.66. The molecule has 1 amide bonds. The summed E-state index contributed by atoms with van der Waals surface area (Å²) in [4.78, 5) is 28.2. The number of nitrogens with one attached hydrogen (secondary N) is 1. The van der Waals surface area contributed by atoms with Gasteiger partial charge < -0.3 is 10.1 Å². The summed E-state index contributed by atoms with van der Waals surface area (Å²) in [7, 11) is 0. The highest BCUT2D eigenvalue weighted by atomic mass is 35.5. The van der Waals surface area contributed by atoms with Gasteiger partial charge in [0.15, 0.2) is 12.4 Å². The van der Waals surface area contributed by atoms with Crippen molar-refractivity contribution in [3.8, 4) is 5.82 Å². The van der Waals surface area contributed by atoms with E-state index >= 15 is 0 Å². The monoisotopic (exact) mass is 402 g/mol. The maximum absolute atomic E-state index is 13.1. The zero-order chi connectivity index (χ0) is 20.3. The van der Waals surface area contributed by atoms with Crippen LogP contribution in [0, 0.1) is 19.7 Å². The maximum Gasteiger partial charge on any atom is 0.340 e. The van der Waals surface area contributed by atoms with E-state index in [2.05, 4.69) is 15.4 Å². The van der Waals surface area contributed by atoms with Gasteiger partial charge in [0, 0.05) is 17.6 Å². The van der Waals surface area contributed by atoms with Gasteiger partial charge in [-0.05, 0) is 50.2 Å². The first-order valence-corrected chi connectivity index (χ1v) is 8.63. The molecule has 2 aromatic heterocycles. The molecule has 1 N–H and O–H groups in total. The molecule has 0 spiro atoms. The zero-order valence-corrected chi connectivity index (χ0v) is 15.8. The molecule has 3 aromatic rings. The first-order valence-electron chi connectivity index (χ1n) is 8.25. The molecule has 0 saturated heterocycles. The molecule has 0 atom stereocenters. The number of benzene rings is 1. The second-order valence-electron chi connectivity index (χ2n) is 6.00. The molecule has 1 aromatic carbocycles. The third kappa shape index (κ3) is 4.52. The topological polar surface area (TPSA) is 86.1 Å². The number of rotatable bonds is 5. The van der Waals surface area contributed by atoms with Crippen LogP contribution in [0.15, 0.2) is 42.6 Å². The first kappa shape index (κ1) is 19.5.